The van der Waals surface area contributed by atoms with Crippen molar-refractivity contribution >= 4 is 34.4 Å². The van der Waals surface area contributed by atoms with Crippen molar-refractivity contribution in [2.45, 2.75) is 12.3 Å². The number of methoxy groups -OCH3 is 1. The van der Waals surface area contributed by atoms with Crippen LogP contribution < -0.4 is 0 Å². The third-order valence-corrected chi connectivity index (χ3v) is 4.44. The molecule has 128 valence electrons. The van der Waals surface area contributed by atoms with Crippen LogP contribution in [0.5, 0.6) is 5.75 Å². The summed E-state index contributed by atoms with van der Waals surface area (Å²) in [6.45, 7) is 0. The molecule has 25 heavy (non-hydrogen) atoms. The summed E-state index contributed by atoms with van der Waals surface area (Å²) in [4.78, 5) is 22.2. The zero-order valence-electron chi connectivity index (χ0n) is 13.1. The van der Waals surface area contributed by atoms with E-state index in [-0.39, 0.29) is 17.9 Å². The standard InChI is InChI=1S/C16H13N3O5S/c1-24-14(21)8-11(9-2-4-10(5-3-9)19(22)23)15-13(20)7-6-12-16(15)18-25-17-12/h2-7,11,20H,8H2,1H3. The molecule has 1 atom stereocenters. The molecule has 0 aliphatic rings. The van der Waals surface area contributed by atoms with Crippen molar-refractivity contribution in [1.29, 1.82) is 0 Å². The lowest BCUT2D eigenvalue weighted by Crippen LogP contribution is -2.11. The fourth-order valence-electron chi connectivity index (χ4n) is 2.67. The van der Waals surface area contributed by atoms with E-state index in [0.29, 0.717) is 22.2 Å². The Labute approximate surface area is 146 Å². The minimum Gasteiger partial charge on any atom is -0.508 e. The average Bonchev–Trinajstić information content (AvgIpc) is 3.08. The van der Waals surface area contributed by atoms with E-state index < -0.39 is 16.8 Å². The Balaban J connectivity index is 2.14. The van der Waals surface area contributed by atoms with Gasteiger partial charge in [-0.2, -0.15) is 8.75 Å². The number of esters is 1. The number of phenols is 1. The van der Waals surface area contributed by atoms with Crippen molar-refractivity contribution in [3.05, 3.63) is 57.6 Å². The molecule has 1 heterocycles. The van der Waals surface area contributed by atoms with Gasteiger partial charge >= 0.3 is 5.97 Å². The van der Waals surface area contributed by atoms with E-state index in [4.69, 9.17) is 4.74 Å². The molecule has 0 radical (unpaired) electrons. The first-order valence-corrected chi connectivity index (χ1v) is 7.99. The number of hydrogen-bond donors (Lipinski definition) is 1. The van der Waals surface area contributed by atoms with Crippen LogP contribution in [0.1, 0.15) is 23.5 Å². The Kier molecular flexibility index (Phi) is 4.57. The van der Waals surface area contributed by atoms with Crippen LogP contribution in [0, 0.1) is 10.1 Å². The lowest BCUT2D eigenvalue weighted by Gasteiger charge is -2.18. The lowest BCUT2D eigenvalue weighted by molar-refractivity contribution is -0.384. The average molecular weight is 359 g/mol. The second-order valence-corrected chi connectivity index (χ2v) is 5.84. The number of aromatic nitrogens is 2. The molecule has 0 amide bonds. The number of carbonyl (C=O) groups is 1. The predicted molar refractivity (Wildman–Crippen MR) is 90.7 cm³/mol. The molecular weight excluding hydrogens is 346 g/mol. The molecule has 8 nitrogen and oxygen atoms in total. The third-order valence-electron chi connectivity index (χ3n) is 3.90. The highest BCUT2D eigenvalue weighted by atomic mass is 32.1. The summed E-state index contributed by atoms with van der Waals surface area (Å²) in [5.74, 6) is -1.06. The van der Waals surface area contributed by atoms with Gasteiger partial charge < -0.3 is 9.84 Å². The van der Waals surface area contributed by atoms with E-state index in [9.17, 15) is 20.0 Å². The normalized spacial score (nSPS) is 12.0. The molecule has 0 aliphatic heterocycles. The van der Waals surface area contributed by atoms with Crippen molar-refractivity contribution in [3.63, 3.8) is 0 Å². The Morgan fingerprint density at radius 3 is 2.64 bits per heavy atom. The number of nitro groups is 1. The summed E-state index contributed by atoms with van der Waals surface area (Å²) in [7, 11) is 1.28. The minimum absolute atomic E-state index is 0.0209. The van der Waals surface area contributed by atoms with E-state index >= 15 is 0 Å². The second-order valence-electron chi connectivity index (χ2n) is 5.31. The van der Waals surface area contributed by atoms with Crippen molar-refractivity contribution in [2.24, 2.45) is 0 Å². The van der Waals surface area contributed by atoms with Crippen LogP contribution in [-0.2, 0) is 9.53 Å². The number of rotatable bonds is 5. The first-order chi connectivity index (χ1) is 12.0. The van der Waals surface area contributed by atoms with Crippen LogP contribution in [0.25, 0.3) is 11.0 Å². The Morgan fingerprint density at radius 2 is 2.00 bits per heavy atom. The number of nitrogens with zero attached hydrogens (tertiary/aromatic N) is 3. The summed E-state index contributed by atoms with van der Waals surface area (Å²) in [6, 6.07) is 8.97. The fourth-order valence-corrected chi connectivity index (χ4v) is 3.22. The second kappa shape index (κ2) is 6.81. The Hall–Kier alpha value is -3.07. The maximum atomic E-state index is 11.9. The van der Waals surface area contributed by atoms with Gasteiger partial charge in [0.1, 0.15) is 16.8 Å². The summed E-state index contributed by atoms with van der Waals surface area (Å²) in [6.07, 6.45) is -0.0431. The van der Waals surface area contributed by atoms with Gasteiger partial charge in [-0.25, -0.2) is 0 Å². The molecule has 3 rings (SSSR count). The number of carbonyl (C=O) groups excluding carboxylic acids is 1. The molecule has 1 unspecified atom stereocenters. The van der Waals surface area contributed by atoms with Gasteiger partial charge in [-0.3, -0.25) is 14.9 Å². The van der Waals surface area contributed by atoms with Gasteiger partial charge in [-0.05, 0) is 17.7 Å². The first-order valence-electron chi connectivity index (χ1n) is 7.26. The number of ether oxygens (including phenoxy) is 1. The Bertz CT molecular complexity index is 939. The highest BCUT2D eigenvalue weighted by Crippen LogP contribution is 2.39. The van der Waals surface area contributed by atoms with Crippen molar-refractivity contribution in [1.82, 2.24) is 8.75 Å². The van der Waals surface area contributed by atoms with Gasteiger partial charge in [0.25, 0.3) is 5.69 Å². The number of nitro benzene ring substituents is 1. The molecular formula is C16H13N3O5S. The van der Waals surface area contributed by atoms with Crippen LogP contribution in [0.4, 0.5) is 5.69 Å². The zero-order chi connectivity index (χ0) is 18.0. The molecule has 0 aliphatic carbocycles. The van der Waals surface area contributed by atoms with Crippen molar-refractivity contribution in [3.8, 4) is 5.75 Å². The Morgan fingerprint density at radius 1 is 1.28 bits per heavy atom. The lowest BCUT2D eigenvalue weighted by atomic mass is 9.87. The maximum absolute atomic E-state index is 11.9. The monoisotopic (exact) mass is 359 g/mol. The fraction of sp³-hybridized carbons (Fsp3) is 0.188. The molecule has 2 aromatic carbocycles. The first kappa shape index (κ1) is 16.8. The predicted octanol–water partition coefficient (Wildman–Crippen LogP) is 3.00. The molecule has 0 spiro atoms. The molecule has 0 bridgehead atoms. The van der Waals surface area contributed by atoms with Crippen LogP contribution in [-0.4, -0.2) is 31.9 Å². The van der Waals surface area contributed by atoms with Gasteiger partial charge in [-0.15, -0.1) is 0 Å². The van der Waals surface area contributed by atoms with E-state index in [1.807, 2.05) is 0 Å². The maximum Gasteiger partial charge on any atom is 0.306 e. The van der Waals surface area contributed by atoms with Crippen molar-refractivity contribution in [2.75, 3.05) is 7.11 Å². The number of non-ortho nitro benzene ring substituents is 1. The zero-order valence-corrected chi connectivity index (χ0v) is 13.9. The third kappa shape index (κ3) is 3.26. The van der Waals surface area contributed by atoms with E-state index in [0.717, 1.165) is 11.7 Å². The van der Waals surface area contributed by atoms with Crippen LogP contribution >= 0.6 is 11.7 Å². The summed E-state index contributed by atoms with van der Waals surface area (Å²) >= 11 is 1.00. The smallest absolute Gasteiger partial charge is 0.306 e. The van der Waals surface area contributed by atoms with Crippen LogP contribution in [0.15, 0.2) is 36.4 Å². The molecule has 0 saturated heterocycles. The van der Waals surface area contributed by atoms with Crippen LogP contribution in [0.3, 0.4) is 0 Å². The van der Waals surface area contributed by atoms with E-state index in [1.165, 1.54) is 25.3 Å². The van der Waals surface area contributed by atoms with Gasteiger partial charge in [0.15, 0.2) is 0 Å². The number of benzene rings is 2. The molecule has 3 aromatic rings. The summed E-state index contributed by atoms with van der Waals surface area (Å²) in [5, 5.41) is 21.2. The van der Waals surface area contributed by atoms with Crippen molar-refractivity contribution < 1.29 is 19.6 Å². The number of fused-ring (bicyclic) bond motifs is 1. The number of phenolic OH excluding ortho intramolecular Hbond substituents is 1. The number of aromatic hydroxyl groups is 1. The van der Waals surface area contributed by atoms with E-state index in [2.05, 4.69) is 8.75 Å². The SMILES string of the molecule is COC(=O)CC(c1ccc([N+](=O)[O-])cc1)c1c(O)ccc2nsnc12. The van der Waals surface area contributed by atoms with Gasteiger partial charge in [0.05, 0.1) is 30.2 Å². The highest BCUT2D eigenvalue weighted by molar-refractivity contribution is 7.00. The van der Waals surface area contributed by atoms with Gasteiger partial charge in [-0.1, -0.05) is 12.1 Å². The van der Waals surface area contributed by atoms with Crippen LogP contribution in [0.2, 0.25) is 0 Å². The molecule has 0 saturated carbocycles. The van der Waals surface area contributed by atoms with E-state index in [1.54, 1.807) is 18.2 Å². The summed E-state index contributed by atoms with van der Waals surface area (Å²) < 4.78 is 13.1. The highest BCUT2D eigenvalue weighted by Gasteiger charge is 2.26. The molecule has 1 N–H and O–H groups in total. The quantitative estimate of drug-likeness (QED) is 0.423. The topological polar surface area (TPSA) is 115 Å². The largest absolute Gasteiger partial charge is 0.508 e. The number of hydrogen-bond acceptors (Lipinski definition) is 8. The minimum atomic E-state index is -0.569. The van der Waals surface area contributed by atoms with Gasteiger partial charge in [0, 0.05) is 23.6 Å². The molecule has 9 heteroatoms. The summed E-state index contributed by atoms with van der Waals surface area (Å²) in [5.41, 5.74) is 2.13. The molecule has 1 aromatic heterocycles. The molecule has 0 fully saturated rings. The van der Waals surface area contributed by atoms with Gasteiger partial charge in [0.2, 0.25) is 0 Å².